The van der Waals surface area contributed by atoms with E-state index in [0.29, 0.717) is 11.8 Å². The summed E-state index contributed by atoms with van der Waals surface area (Å²) in [5, 5.41) is 1.06. The Morgan fingerprint density at radius 2 is 1.74 bits per heavy atom. The van der Waals surface area contributed by atoms with Gasteiger partial charge in [-0.3, -0.25) is 0 Å². The first-order chi connectivity index (χ1) is 9.27. The van der Waals surface area contributed by atoms with Gasteiger partial charge in [0.15, 0.2) is 0 Å². The summed E-state index contributed by atoms with van der Waals surface area (Å²) < 4.78 is 0. The molecule has 0 nitrogen and oxygen atoms in total. The second-order valence-corrected chi connectivity index (χ2v) is 5.97. The van der Waals surface area contributed by atoms with Crippen LogP contribution in [-0.2, 0) is 6.42 Å². The topological polar surface area (TPSA) is 0 Å². The predicted molar refractivity (Wildman–Crippen MR) is 80.3 cm³/mol. The lowest BCUT2D eigenvalue weighted by Gasteiger charge is -2.36. The number of benzene rings is 2. The van der Waals surface area contributed by atoms with Gasteiger partial charge < -0.3 is 0 Å². The van der Waals surface area contributed by atoms with Crippen molar-refractivity contribution in [3.63, 3.8) is 0 Å². The van der Waals surface area contributed by atoms with Crippen LogP contribution in [0.25, 0.3) is 5.57 Å². The summed E-state index contributed by atoms with van der Waals surface area (Å²) in [6.07, 6.45) is 1.14. The van der Waals surface area contributed by atoms with E-state index in [0.717, 1.165) is 11.5 Å². The van der Waals surface area contributed by atoms with Crippen LogP contribution in [0, 0.1) is 12.8 Å². The monoisotopic (exact) mass is 266 g/mol. The molecule has 2 unspecified atom stereocenters. The minimum atomic E-state index is 0.451. The zero-order chi connectivity index (χ0) is 13.0. The second kappa shape index (κ2) is 3.98. The molecule has 0 fully saturated rings. The zero-order valence-corrected chi connectivity index (χ0v) is 11.6. The smallest absolute Gasteiger partial charge is 0.0303 e. The van der Waals surface area contributed by atoms with Crippen molar-refractivity contribution >= 4 is 17.2 Å². The maximum absolute atomic E-state index is 6.63. The maximum Gasteiger partial charge on any atom is 0.0303 e. The average molecular weight is 267 g/mol. The third-order valence-electron chi connectivity index (χ3n) is 4.57. The number of hydrogen-bond donors (Lipinski definition) is 0. The van der Waals surface area contributed by atoms with Crippen LogP contribution in [0.3, 0.4) is 0 Å². The fraction of sp³-hybridized carbons (Fsp3) is 0.222. The molecule has 0 spiro atoms. The lowest BCUT2D eigenvalue weighted by molar-refractivity contribution is 0.592. The molecule has 0 bridgehead atoms. The van der Waals surface area contributed by atoms with Gasteiger partial charge in [0.2, 0.25) is 0 Å². The summed E-state index contributed by atoms with van der Waals surface area (Å²) in [6, 6.07) is 17.3. The summed E-state index contributed by atoms with van der Waals surface area (Å²) in [5.74, 6) is 1.04. The van der Waals surface area contributed by atoms with Gasteiger partial charge >= 0.3 is 0 Å². The van der Waals surface area contributed by atoms with Crippen molar-refractivity contribution in [3.8, 4) is 0 Å². The van der Waals surface area contributed by atoms with E-state index in [1.165, 1.54) is 27.8 Å². The van der Waals surface area contributed by atoms with Crippen molar-refractivity contribution in [2.24, 2.45) is 5.92 Å². The van der Waals surface area contributed by atoms with Crippen LogP contribution in [0.5, 0.6) is 0 Å². The second-order valence-electron chi connectivity index (χ2n) is 5.56. The van der Waals surface area contributed by atoms with Gasteiger partial charge in [-0.1, -0.05) is 60.1 Å². The normalized spacial score (nSPS) is 23.9. The third-order valence-corrected chi connectivity index (χ3v) is 5.01. The summed E-state index contributed by atoms with van der Waals surface area (Å²) in [4.78, 5) is 0. The molecule has 2 aliphatic rings. The Morgan fingerprint density at radius 3 is 2.58 bits per heavy atom. The van der Waals surface area contributed by atoms with Crippen molar-refractivity contribution in [3.05, 3.63) is 75.8 Å². The Labute approximate surface area is 118 Å². The van der Waals surface area contributed by atoms with Crippen LogP contribution in [0.1, 0.15) is 28.2 Å². The van der Waals surface area contributed by atoms with Crippen molar-refractivity contribution in [1.29, 1.82) is 0 Å². The number of halogens is 1. The van der Waals surface area contributed by atoms with Crippen molar-refractivity contribution in [1.82, 2.24) is 0 Å². The molecule has 0 radical (unpaired) electrons. The highest BCUT2D eigenvalue weighted by Crippen LogP contribution is 2.60. The Morgan fingerprint density at radius 1 is 1.00 bits per heavy atom. The molecule has 0 amide bonds. The van der Waals surface area contributed by atoms with Crippen molar-refractivity contribution in [2.75, 3.05) is 0 Å². The standard InChI is InChI=1S/C18H15Cl/c1-11-6-2-4-8-13(11)16-15-10-12-7-3-5-9-14(12)17(15)18(16)19/h2-9,15,17H,10H2,1H3. The summed E-state index contributed by atoms with van der Waals surface area (Å²) in [7, 11) is 0. The molecule has 0 aromatic heterocycles. The van der Waals surface area contributed by atoms with Crippen LogP contribution >= 0.6 is 11.6 Å². The van der Waals surface area contributed by atoms with Gasteiger partial charge in [0.05, 0.1) is 0 Å². The fourth-order valence-electron chi connectivity index (χ4n) is 3.63. The van der Waals surface area contributed by atoms with E-state index in [4.69, 9.17) is 11.6 Å². The zero-order valence-electron chi connectivity index (χ0n) is 10.9. The van der Waals surface area contributed by atoms with Gasteiger partial charge in [-0.25, -0.2) is 0 Å². The first-order valence-electron chi connectivity index (χ1n) is 6.80. The van der Waals surface area contributed by atoms with E-state index in [-0.39, 0.29) is 0 Å². The number of fused-ring (bicyclic) bond motifs is 3. The minimum absolute atomic E-state index is 0.451. The Kier molecular flexibility index (Phi) is 2.37. The average Bonchev–Trinajstić information content (AvgIpc) is 2.75. The van der Waals surface area contributed by atoms with Gasteiger partial charge in [0, 0.05) is 16.9 Å². The van der Waals surface area contributed by atoms with Crippen molar-refractivity contribution in [2.45, 2.75) is 19.3 Å². The molecular formula is C18H15Cl. The number of aryl methyl sites for hydroxylation is 1. The van der Waals surface area contributed by atoms with E-state index in [1.54, 1.807) is 0 Å². The summed E-state index contributed by atoms with van der Waals surface area (Å²) >= 11 is 6.63. The molecule has 2 aromatic carbocycles. The van der Waals surface area contributed by atoms with E-state index >= 15 is 0 Å². The first-order valence-corrected chi connectivity index (χ1v) is 7.18. The van der Waals surface area contributed by atoms with Gasteiger partial charge in [-0.05, 0) is 41.2 Å². The van der Waals surface area contributed by atoms with Gasteiger partial charge in [0.1, 0.15) is 0 Å². The molecule has 0 N–H and O–H groups in total. The molecule has 0 heterocycles. The third kappa shape index (κ3) is 1.47. The van der Waals surface area contributed by atoms with Crippen molar-refractivity contribution < 1.29 is 0 Å². The molecule has 0 saturated heterocycles. The van der Waals surface area contributed by atoms with E-state index in [2.05, 4.69) is 55.5 Å². The predicted octanol–water partition coefficient (Wildman–Crippen LogP) is 4.91. The Balaban J connectivity index is 1.82. The molecule has 2 atom stereocenters. The number of rotatable bonds is 1. The van der Waals surface area contributed by atoms with E-state index in [9.17, 15) is 0 Å². The highest BCUT2D eigenvalue weighted by molar-refractivity contribution is 6.35. The molecule has 0 saturated carbocycles. The number of allylic oxidation sites excluding steroid dienone is 2. The molecule has 94 valence electrons. The Bertz CT molecular complexity index is 696. The SMILES string of the molecule is Cc1ccccc1C1=C(Cl)C2c3ccccc3CC12. The van der Waals surface area contributed by atoms with Gasteiger partial charge in [-0.2, -0.15) is 0 Å². The lowest BCUT2D eigenvalue weighted by Crippen LogP contribution is -2.22. The fourth-order valence-corrected chi connectivity index (χ4v) is 4.14. The lowest BCUT2D eigenvalue weighted by atomic mass is 9.71. The Hall–Kier alpha value is -1.53. The molecule has 4 rings (SSSR count). The van der Waals surface area contributed by atoms with Crippen LogP contribution in [0.15, 0.2) is 53.6 Å². The van der Waals surface area contributed by atoms with E-state index in [1.807, 2.05) is 0 Å². The molecule has 19 heavy (non-hydrogen) atoms. The van der Waals surface area contributed by atoms with E-state index < -0.39 is 0 Å². The molecule has 2 aromatic rings. The van der Waals surface area contributed by atoms with Crippen LogP contribution in [0.4, 0.5) is 0 Å². The highest BCUT2D eigenvalue weighted by atomic mass is 35.5. The molecule has 1 heteroatoms. The maximum atomic E-state index is 6.63. The van der Waals surface area contributed by atoms with Crippen LogP contribution < -0.4 is 0 Å². The van der Waals surface area contributed by atoms with Gasteiger partial charge in [-0.15, -0.1) is 0 Å². The quantitative estimate of drug-likeness (QED) is 0.688. The van der Waals surface area contributed by atoms with Crippen LogP contribution in [0.2, 0.25) is 0 Å². The molecule has 2 aliphatic carbocycles. The highest BCUT2D eigenvalue weighted by Gasteiger charge is 2.46. The summed E-state index contributed by atoms with van der Waals surface area (Å²) in [6.45, 7) is 2.17. The summed E-state index contributed by atoms with van der Waals surface area (Å²) in [5.41, 5.74) is 6.95. The van der Waals surface area contributed by atoms with Crippen LogP contribution in [-0.4, -0.2) is 0 Å². The molecule has 0 aliphatic heterocycles. The minimum Gasteiger partial charge on any atom is -0.0881 e. The largest absolute Gasteiger partial charge is 0.0881 e. The number of hydrogen-bond acceptors (Lipinski definition) is 0. The molecular weight excluding hydrogens is 252 g/mol. The van der Waals surface area contributed by atoms with Gasteiger partial charge in [0.25, 0.3) is 0 Å². The first kappa shape index (κ1) is 11.3.